The van der Waals surface area contributed by atoms with Gasteiger partial charge >= 0.3 is 0 Å². The summed E-state index contributed by atoms with van der Waals surface area (Å²) in [6.07, 6.45) is 7.01. The van der Waals surface area contributed by atoms with E-state index in [4.69, 9.17) is 0 Å². The molecule has 3 nitrogen and oxygen atoms in total. The minimum absolute atomic E-state index is 0.626. The maximum atomic E-state index is 11.1. The Bertz CT molecular complexity index is 418. The minimum atomic E-state index is 0.626. The Labute approximate surface area is 95.9 Å². The Morgan fingerprint density at radius 3 is 2.81 bits per heavy atom. The van der Waals surface area contributed by atoms with Crippen LogP contribution < -0.4 is 0 Å². The highest BCUT2D eigenvalue weighted by Crippen LogP contribution is 2.38. The average Bonchev–Trinajstić information content (AvgIpc) is 2.54. The Kier molecular flexibility index (Phi) is 2.34. The normalized spacial score (nSPS) is 24.9. The zero-order valence-electron chi connectivity index (χ0n) is 9.78. The first kappa shape index (κ1) is 10.1. The average molecular weight is 218 g/mol. The molecule has 0 N–H and O–H groups in total. The molecule has 86 valence electrons. The first-order valence-corrected chi connectivity index (χ1v) is 6.34. The molecule has 1 atom stereocenters. The molecular formula is C13H18N2O. The van der Waals surface area contributed by atoms with Crippen molar-refractivity contribution < 1.29 is 4.79 Å². The molecule has 0 radical (unpaired) electrons. The summed E-state index contributed by atoms with van der Waals surface area (Å²) in [4.78, 5) is 15.6. The lowest BCUT2D eigenvalue weighted by molar-refractivity contribution is 0.111. The van der Waals surface area contributed by atoms with Gasteiger partial charge in [-0.25, -0.2) is 4.98 Å². The highest BCUT2D eigenvalue weighted by Gasteiger charge is 2.29. The van der Waals surface area contributed by atoms with E-state index in [0.29, 0.717) is 17.5 Å². The van der Waals surface area contributed by atoms with Gasteiger partial charge in [-0.05, 0) is 31.6 Å². The van der Waals surface area contributed by atoms with E-state index in [0.717, 1.165) is 19.3 Å². The van der Waals surface area contributed by atoms with Gasteiger partial charge in [-0.2, -0.15) is 0 Å². The van der Waals surface area contributed by atoms with Crippen LogP contribution in [0.2, 0.25) is 0 Å². The van der Waals surface area contributed by atoms with Gasteiger partial charge in [0.25, 0.3) is 0 Å². The third-order valence-corrected chi connectivity index (χ3v) is 4.10. The summed E-state index contributed by atoms with van der Waals surface area (Å²) >= 11 is 0. The third kappa shape index (κ3) is 1.41. The SMILES string of the molecule is CC1CCn2c(C3CCC3)nc(C=O)c2C1. The smallest absolute Gasteiger partial charge is 0.170 e. The Hall–Kier alpha value is -1.12. The predicted octanol–water partition coefficient (Wildman–Crippen LogP) is 2.55. The molecule has 1 aromatic heterocycles. The zero-order valence-corrected chi connectivity index (χ0v) is 9.78. The molecule has 0 spiro atoms. The van der Waals surface area contributed by atoms with Crippen LogP contribution in [0.5, 0.6) is 0 Å². The van der Waals surface area contributed by atoms with Crippen molar-refractivity contribution >= 4 is 6.29 Å². The van der Waals surface area contributed by atoms with Crippen LogP contribution in [0.1, 0.15) is 60.5 Å². The quantitative estimate of drug-likeness (QED) is 0.715. The maximum absolute atomic E-state index is 11.1. The second kappa shape index (κ2) is 3.72. The van der Waals surface area contributed by atoms with Crippen LogP contribution >= 0.6 is 0 Å². The second-order valence-corrected chi connectivity index (χ2v) is 5.30. The van der Waals surface area contributed by atoms with E-state index in [2.05, 4.69) is 16.5 Å². The second-order valence-electron chi connectivity index (χ2n) is 5.30. The van der Waals surface area contributed by atoms with Gasteiger partial charge in [0.2, 0.25) is 0 Å². The number of fused-ring (bicyclic) bond motifs is 1. The molecule has 1 saturated carbocycles. The number of carbonyl (C=O) groups excluding carboxylic acids is 1. The van der Waals surface area contributed by atoms with Crippen molar-refractivity contribution in [1.82, 2.24) is 9.55 Å². The fourth-order valence-electron chi connectivity index (χ4n) is 2.84. The first-order chi connectivity index (χ1) is 7.79. The molecule has 2 aliphatic rings. The van der Waals surface area contributed by atoms with E-state index in [-0.39, 0.29) is 0 Å². The van der Waals surface area contributed by atoms with Crippen LogP contribution in [0.15, 0.2) is 0 Å². The van der Waals surface area contributed by atoms with Gasteiger partial charge in [0.1, 0.15) is 11.5 Å². The molecule has 1 aromatic rings. The lowest BCUT2D eigenvalue weighted by Crippen LogP contribution is -2.22. The van der Waals surface area contributed by atoms with Gasteiger partial charge in [-0.15, -0.1) is 0 Å². The Morgan fingerprint density at radius 2 is 2.19 bits per heavy atom. The van der Waals surface area contributed by atoms with Gasteiger partial charge in [0, 0.05) is 18.2 Å². The number of aldehydes is 1. The van der Waals surface area contributed by atoms with Crippen molar-refractivity contribution in [2.75, 3.05) is 0 Å². The maximum Gasteiger partial charge on any atom is 0.170 e. The van der Waals surface area contributed by atoms with Gasteiger partial charge in [-0.3, -0.25) is 4.79 Å². The van der Waals surface area contributed by atoms with Crippen LogP contribution in [0, 0.1) is 5.92 Å². The van der Waals surface area contributed by atoms with E-state index < -0.39 is 0 Å². The van der Waals surface area contributed by atoms with Crippen molar-refractivity contribution in [2.45, 2.75) is 51.5 Å². The standard InChI is InChI=1S/C13H18N2O/c1-9-5-6-15-12(7-9)11(8-16)14-13(15)10-3-2-4-10/h8-10H,2-7H2,1H3. The van der Waals surface area contributed by atoms with Crippen molar-refractivity contribution in [2.24, 2.45) is 5.92 Å². The summed E-state index contributed by atoms with van der Waals surface area (Å²) in [6.45, 7) is 3.32. The molecule has 1 unspecified atom stereocenters. The Morgan fingerprint density at radius 1 is 1.38 bits per heavy atom. The summed E-state index contributed by atoms with van der Waals surface area (Å²) in [7, 11) is 0. The summed E-state index contributed by atoms with van der Waals surface area (Å²) < 4.78 is 2.33. The molecule has 2 heterocycles. The summed E-state index contributed by atoms with van der Waals surface area (Å²) in [5, 5.41) is 0. The molecule has 0 saturated heterocycles. The molecule has 1 aliphatic heterocycles. The fourth-order valence-corrected chi connectivity index (χ4v) is 2.84. The van der Waals surface area contributed by atoms with E-state index in [9.17, 15) is 4.79 Å². The van der Waals surface area contributed by atoms with Crippen LogP contribution in [0.25, 0.3) is 0 Å². The Balaban J connectivity index is 2.03. The van der Waals surface area contributed by atoms with E-state index in [1.54, 1.807) is 0 Å². The van der Waals surface area contributed by atoms with Gasteiger partial charge in [0.15, 0.2) is 6.29 Å². The largest absolute Gasteiger partial charge is 0.331 e. The monoisotopic (exact) mass is 218 g/mol. The molecule has 3 heteroatoms. The van der Waals surface area contributed by atoms with Gasteiger partial charge in [0.05, 0.1) is 0 Å². The third-order valence-electron chi connectivity index (χ3n) is 4.10. The van der Waals surface area contributed by atoms with E-state index in [1.807, 2.05) is 0 Å². The number of carbonyl (C=O) groups is 1. The zero-order chi connectivity index (χ0) is 11.1. The van der Waals surface area contributed by atoms with Crippen molar-refractivity contribution in [3.63, 3.8) is 0 Å². The highest BCUT2D eigenvalue weighted by molar-refractivity contribution is 5.74. The highest BCUT2D eigenvalue weighted by atomic mass is 16.1. The lowest BCUT2D eigenvalue weighted by atomic mass is 9.84. The molecule has 0 aromatic carbocycles. The van der Waals surface area contributed by atoms with E-state index in [1.165, 1.54) is 37.2 Å². The fraction of sp³-hybridized carbons (Fsp3) is 0.692. The molecule has 1 aliphatic carbocycles. The summed E-state index contributed by atoms with van der Waals surface area (Å²) in [5.41, 5.74) is 1.89. The van der Waals surface area contributed by atoms with Gasteiger partial charge in [-0.1, -0.05) is 13.3 Å². The minimum Gasteiger partial charge on any atom is -0.331 e. The molecule has 1 fully saturated rings. The number of hydrogen-bond donors (Lipinski definition) is 0. The molecule has 3 rings (SSSR count). The molecular weight excluding hydrogens is 200 g/mol. The topological polar surface area (TPSA) is 34.9 Å². The van der Waals surface area contributed by atoms with E-state index >= 15 is 0 Å². The lowest BCUT2D eigenvalue weighted by Gasteiger charge is -2.28. The predicted molar refractivity (Wildman–Crippen MR) is 61.7 cm³/mol. The van der Waals surface area contributed by atoms with Crippen LogP contribution in [-0.4, -0.2) is 15.8 Å². The molecule has 0 bridgehead atoms. The number of imidazole rings is 1. The molecule has 16 heavy (non-hydrogen) atoms. The number of nitrogens with zero attached hydrogens (tertiary/aromatic N) is 2. The summed E-state index contributed by atoms with van der Waals surface area (Å²) in [6, 6.07) is 0. The van der Waals surface area contributed by atoms with Crippen LogP contribution in [-0.2, 0) is 13.0 Å². The van der Waals surface area contributed by atoms with Crippen molar-refractivity contribution in [3.05, 3.63) is 17.2 Å². The summed E-state index contributed by atoms with van der Waals surface area (Å²) in [5.74, 6) is 2.51. The van der Waals surface area contributed by atoms with Crippen molar-refractivity contribution in [1.29, 1.82) is 0 Å². The van der Waals surface area contributed by atoms with Crippen LogP contribution in [0.4, 0.5) is 0 Å². The van der Waals surface area contributed by atoms with Crippen LogP contribution in [0.3, 0.4) is 0 Å². The number of rotatable bonds is 2. The van der Waals surface area contributed by atoms with Crippen molar-refractivity contribution in [3.8, 4) is 0 Å². The van der Waals surface area contributed by atoms with Gasteiger partial charge < -0.3 is 4.57 Å². The molecule has 0 amide bonds. The first-order valence-electron chi connectivity index (χ1n) is 6.34. The number of aromatic nitrogens is 2. The number of hydrogen-bond acceptors (Lipinski definition) is 2.